The van der Waals surface area contributed by atoms with E-state index in [-0.39, 0.29) is 6.42 Å². The van der Waals surface area contributed by atoms with Gasteiger partial charge in [-0.25, -0.2) is 6.57 Å². The quantitative estimate of drug-likeness (QED) is 0.379. The predicted octanol–water partition coefficient (Wildman–Crippen LogP) is 0.387. The van der Waals surface area contributed by atoms with Crippen LogP contribution in [0.4, 0.5) is 0 Å². The number of rotatable bonds is 2. The largest absolute Gasteiger partial charge is 0.313 e. The number of aldehydes is 1. The Morgan fingerprint density at radius 1 is 2.00 bits per heavy atom. The first-order valence-corrected chi connectivity index (χ1v) is 2.05. The van der Waals surface area contributed by atoms with Crippen LogP contribution in [0.15, 0.2) is 0 Å². The highest BCUT2D eigenvalue weighted by Gasteiger charge is 2.06. The molecule has 1 unspecified atom stereocenters. The lowest BCUT2D eigenvalue weighted by Gasteiger charge is -1.81. The summed E-state index contributed by atoms with van der Waals surface area (Å²) < 4.78 is 0. The Kier molecular flexibility index (Phi) is 3.18. The molecule has 0 saturated heterocycles. The summed E-state index contributed by atoms with van der Waals surface area (Å²) in [5.41, 5.74) is 0. The Morgan fingerprint density at radius 2 is 2.62 bits per heavy atom. The summed E-state index contributed by atoms with van der Waals surface area (Å²) in [5.74, 6) is 0. The van der Waals surface area contributed by atoms with E-state index in [1.807, 2.05) is 0 Å². The van der Waals surface area contributed by atoms with E-state index in [9.17, 15) is 4.79 Å². The molecular formula is C5H4N2O. The highest BCUT2D eigenvalue weighted by Crippen LogP contribution is 1.90. The molecule has 8 heavy (non-hydrogen) atoms. The van der Waals surface area contributed by atoms with Gasteiger partial charge in [-0.15, -0.1) is 0 Å². The van der Waals surface area contributed by atoms with Crippen LogP contribution in [0.3, 0.4) is 0 Å². The first-order chi connectivity index (χ1) is 3.85. The number of carbonyl (C=O) groups excluding carboxylic acids is 1. The first kappa shape index (κ1) is 6.65. The maximum atomic E-state index is 9.64. The molecule has 0 saturated carbocycles. The van der Waals surface area contributed by atoms with Crippen LogP contribution in [0.1, 0.15) is 6.42 Å². The molecular weight excluding hydrogens is 104 g/mol. The van der Waals surface area contributed by atoms with Crippen LogP contribution in [0.2, 0.25) is 0 Å². The molecule has 0 rings (SSSR count). The van der Waals surface area contributed by atoms with Crippen molar-refractivity contribution in [3.05, 3.63) is 11.4 Å². The van der Waals surface area contributed by atoms with Gasteiger partial charge in [0.05, 0.1) is 6.42 Å². The lowest BCUT2D eigenvalue weighted by Crippen LogP contribution is -1.96. The first-order valence-electron chi connectivity index (χ1n) is 2.05. The van der Waals surface area contributed by atoms with E-state index in [2.05, 4.69) is 4.85 Å². The molecule has 0 bridgehead atoms. The van der Waals surface area contributed by atoms with Crippen molar-refractivity contribution in [3.8, 4) is 6.07 Å². The second kappa shape index (κ2) is 3.83. The Hall–Kier alpha value is -1.35. The van der Waals surface area contributed by atoms with E-state index in [1.165, 1.54) is 0 Å². The molecule has 3 nitrogen and oxygen atoms in total. The predicted molar refractivity (Wildman–Crippen MR) is 26.7 cm³/mol. The van der Waals surface area contributed by atoms with Gasteiger partial charge in [0.2, 0.25) is 0 Å². The second-order valence-electron chi connectivity index (χ2n) is 1.18. The van der Waals surface area contributed by atoms with Gasteiger partial charge < -0.3 is 4.79 Å². The van der Waals surface area contributed by atoms with Gasteiger partial charge in [0, 0.05) is 0 Å². The minimum atomic E-state index is -0.771. The third-order valence-corrected chi connectivity index (χ3v) is 0.624. The highest BCUT2D eigenvalue weighted by atomic mass is 16.1. The lowest BCUT2D eigenvalue weighted by atomic mass is 10.3. The van der Waals surface area contributed by atoms with E-state index in [1.54, 1.807) is 6.07 Å². The van der Waals surface area contributed by atoms with Crippen molar-refractivity contribution in [2.45, 2.75) is 12.5 Å². The average Bonchev–Trinajstić information content (AvgIpc) is 1.83. The van der Waals surface area contributed by atoms with Gasteiger partial charge in [0.15, 0.2) is 6.07 Å². The van der Waals surface area contributed by atoms with Crippen LogP contribution < -0.4 is 0 Å². The molecule has 0 aliphatic rings. The Bertz CT molecular complexity index is 137. The van der Waals surface area contributed by atoms with E-state index >= 15 is 0 Å². The van der Waals surface area contributed by atoms with Crippen molar-refractivity contribution in [2.75, 3.05) is 0 Å². The Morgan fingerprint density at radius 3 is 2.75 bits per heavy atom. The molecule has 0 aliphatic heterocycles. The summed E-state index contributed by atoms with van der Waals surface area (Å²) in [7, 11) is 0. The lowest BCUT2D eigenvalue weighted by molar-refractivity contribution is -0.107. The monoisotopic (exact) mass is 108 g/mol. The molecule has 1 atom stereocenters. The fourth-order valence-electron chi connectivity index (χ4n) is 0.225. The van der Waals surface area contributed by atoms with E-state index in [4.69, 9.17) is 11.8 Å². The maximum Gasteiger partial charge on any atom is 0.313 e. The van der Waals surface area contributed by atoms with Crippen LogP contribution in [-0.4, -0.2) is 12.3 Å². The average molecular weight is 108 g/mol. The minimum Gasteiger partial charge on any atom is -0.303 e. The van der Waals surface area contributed by atoms with Crippen LogP contribution >= 0.6 is 0 Å². The summed E-state index contributed by atoms with van der Waals surface area (Å²) in [6, 6.07) is 0.896. The van der Waals surface area contributed by atoms with Gasteiger partial charge in [-0.05, 0) is 0 Å². The third kappa shape index (κ3) is 1.94. The summed E-state index contributed by atoms with van der Waals surface area (Å²) in [6.07, 6.45) is 0.603. The van der Waals surface area contributed by atoms with Crippen molar-refractivity contribution in [1.29, 1.82) is 5.26 Å². The van der Waals surface area contributed by atoms with Gasteiger partial charge in [-0.1, -0.05) is 0 Å². The van der Waals surface area contributed by atoms with E-state index in [0.29, 0.717) is 6.29 Å². The number of nitrogens with zero attached hydrogens (tertiary/aromatic N) is 2. The van der Waals surface area contributed by atoms with Crippen molar-refractivity contribution < 1.29 is 4.79 Å². The molecule has 40 valence electrons. The molecule has 0 radical (unpaired) electrons. The SMILES string of the molecule is [C-]#[N+]C(C#N)CC=O. The molecule has 0 aromatic carbocycles. The molecule has 0 amide bonds. The van der Waals surface area contributed by atoms with Crippen molar-refractivity contribution >= 4 is 6.29 Å². The van der Waals surface area contributed by atoms with E-state index < -0.39 is 6.04 Å². The van der Waals surface area contributed by atoms with E-state index in [0.717, 1.165) is 0 Å². The Balaban J connectivity index is 3.62. The van der Waals surface area contributed by atoms with Crippen molar-refractivity contribution in [3.63, 3.8) is 0 Å². The number of hydrogen-bond acceptors (Lipinski definition) is 2. The fourth-order valence-corrected chi connectivity index (χ4v) is 0.225. The zero-order valence-electron chi connectivity index (χ0n) is 4.16. The van der Waals surface area contributed by atoms with Crippen LogP contribution in [0, 0.1) is 17.9 Å². The summed E-state index contributed by atoms with van der Waals surface area (Å²) >= 11 is 0. The standard InChI is InChI=1S/C5H4N2O/c1-7-5(4-6)2-3-8/h3,5H,2H2. The fraction of sp³-hybridized carbons (Fsp3) is 0.400. The van der Waals surface area contributed by atoms with Crippen molar-refractivity contribution in [2.24, 2.45) is 0 Å². The zero-order chi connectivity index (χ0) is 6.41. The van der Waals surface area contributed by atoms with Crippen LogP contribution in [0.25, 0.3) is 4.85 Å². The molecule has 0 heterocycles. The topological polar surface area (TPSA) is 45.2 Å². The van der Waals surface area contributed by atoms with Gasteiger partial charge in [-0.3, -0.25) is 4.85 Å². The molecule has 3 heteroatoms. The van der Waals surface area contributed by atoms with Gasteiger partial charge >= 0.3 is 6.04 Å². The van der Waals surface area contributed by atoms with Crippen LogP contribution in [0.5, 0.6) is 0 Å². The van der Waals surface area contributed by atoms with Gasteiger partial charge in [-0.2, -0.15) is 5.26 Å². The summed E-state index contributed by atoms with van der Waals surface area (Å²) in [4.78, 5) is 12.5. The maximum absolute atomic E-state index is 9.64. The summed E-state index contributed by atoms with van der Waals surface area (Å²) in [5, 5.41) is 8.03. The zero-order valence-corrected chi connectivity index (χ0v) is 4.16. The smallest absolute Gasteiger partial charge is 0.303 e. The number of hydrogen-bond donors (Lipinski definition) is 0. The number of carbonyl (C=O) groups is 1. The van der Waals surface area contributed by atoms with Gasteiger partial charge in [0.25, 0.3) is 0 Å². The van der Waals surface area contributed by atoms with Crippen molar-refractivity contribution in [1.82, 2.24) is 0 Å². The minimum absolute atomic E-state index is 0.0278. The third-order valence-electron chi connectivity index (χ3n) is 0.624. The summed E-state index contributed by atoms with van der Waals surface area (Å²) in [6.45, 7) is 6.31. The molecule has 0 aromatic heterocycles. The second-order valence-corrected chi connectivity index (χ2v) is 1.18. The molecule has 0 aliphatic carbocycles. The molecule has 0 spiro atoms. The van der Waals surface area contributed by atoms with Gasteiger partial charge in [0.1, 0.15) is 6.29 Å². The number of nitriles is 1. The normalized spacial score (nSPS) is 10.8. The molecule has 0 fully saturated rings. The molecule has 0 N–H and O–H groups in total. The van der Waals surface area contributed by atoms with Crippen LogP contribution in [-0.2, 0) is 4.79 Å². The molecule has 0 aromatic rings. The Labute approximate surface area is 47.4 Å². The highest BCUT2D eigenvalue weighted by molar-refractivity contribution is 5.52.